The number of pyridine rings is 1. The lowest BCUT2D eigenvalue weighted by molar-refractivity contribution is 0.0328. The first-order valence-electron chi connectivity index (χ1n) is 11.1. The van der Waals surface area contributed by atoms with Crippen molar-refractivity contribution < 1.29 is 14.3 Å². The molecule has 1 unspecified atom stereocenters. The number of alkyl halides is 1. The van der Waals surface area contributed by atoms with Crippen LogP contribution in [0.25, 0.3) is 5.52 Å². The summed E-state index contributed by atoms with van der Waals surface area (Å²) in [6.45, 7) is 10.4. The lowest BCUT2D eigenvalue weighted by Crippen LogP contribution is -2.15. The third-order valence-electron chi connectivity index (χ3n) is 4.93. The van der Waals surface area contributed by atoms with E-state index in [1.807, 2.05) is 49.9 Å². The topological polar surface area (TPSA) is 65.2 Å². The van der Waals surface area contributed by atoms with Crippen LogP contribution in [0.4, 0.5) is 0 Å². The molecule has 0 amide bonds. The van der Waals surface area contributed by atoms with Gasteiger partial charge in [-0.3, -0.25) is 4.99 Å². The Labute approximate surface area is 215 Å². The highest BCUT2D eigenvalue weighted by Crippen LogP contribution is 2.30. The average Bonchev–Trinajstić information content (AvgIpc) is 3.54. The van der Waals surface area contributed by atoms with E-state index in [1.165, 1.54) is 6.20 Å². The SMILES string of the molecule is C=CN=C(CCl)SC.CCCOC(=O)c1cc2cccn2c(C(CC)OCc2nccs2)c1C. The molecule has 1 atom stereocenters. The third-order valence-corrected chi connectivity index (χ3v) is 6.82. The van der Waals surface area contributed by atoms with Gasteiger partial charge in [-0.25, -0.2) is 9.78 Å². The molecule has 3 heterocycles. The van der Waals surface area contributed by atoms with Crippen LogP contribution in [-0.2, 0) is 16.1 Å². The van der Waals surface area contributed by atoms with Crippen LogP contribution in [0, 0.1) is 6.92 Å². The number of aliphatic imine (C=N–C) groups is 1. The fourth-order valence-electron chi connectivity index (χ4n) is 3.32. The number of carbonyl (C=O) groups excluding carboxylic acids is 1. The standard InChI is InChI=1S/C20H24N2O3S.C5H8ClNS/c1-4-10-24-20(23)16-12-15-7-6-9-22(15)19(14(16)3)17(5-2)25-13-18-21-8-11-26-18;1-3-7-5(4-6)8-2/h6-9,11-12,17H,4-5,10,13H2,1-3H3;3H,1,4H2,2H3. The maximum atomic E-state index is 12.5. The average molecular weight is 522 g/mol. The molecule has 0 radical (unpaired) electrons. The molecule has 0 fully saturated rings. The molecule has 9 heteroatoms. The van der Waals surface area contributed by atoms with Gasteiger partial charge in [0.25, 0.3) is 0 Å². The van der Waals surface area contributed by atoms with Crippen LogP contribution in [0.5, 0.6) is 0 Å². The Kier molecular flexibility index (Phi) is 12.4. The molecule has 0 spiro atoms. The highest BCUT2D eigenvalue weighted by molar-refractivity contribution is 8.13. The second-order valence-corrected chi connectivity index (χ2v) is 9.31. The lowest BCUT2D eigenvalue weighted by Gasteiger charge is -2.22. The number of aromatic nitrogens is 2. The monoisotopic (exact) mass is 521 g/mol. The molecule has 6 nitrogen and oxygen atoms in total. The molecule has 0 aliphatic heterocycles. The van der Waals surface area contributed by atoms with Crippen molar-refractivity contribution in [2.75, 3.05) is 18.7 Å². The van der Waals surface area contributed by atoms with E-state index in [2.05, 4.69) is 27.9 Å². The largest absolute Gasteiger partial charge is 0.462 e. The second kappa shape index (κ2) is 15.0. The van der Waals surface area contributed by atoms with E-state index in [-0.39, 0.29) is 12.1 Å². The van der Waals surface area contributed by atoms with Crippen molar-refractivity contribution in [2.24, 2.45) is 4.99 Å². The summed E-state index contributed by atoms with van der Waals surface area (Å²) in [4.78, 5) is 20.7. The van der Waals surface area contributed by atoms with Crippen LogP contribution in [0.1, 0.15) is 59.4 Å². The Bertz CT molecular complexity index is 1070. The highest BCUT2D eigenvalue weighted by Gasteiger charge is 2.22. The second-order valence-electron chi connectivity index (χ2n) is 7.18. The Morgan fingerprint density at radius 3 is 2.79 bits per heavy atom. The lowest BCUT2D eigenvalue weighted by atomic mass is 10.0. The highest BCUT2D eigenvalue weighted by atomic mass is 35.5. The minimum absolute atomic E-state index is 0.132. The normalized spacial score (nSPS) is 12.2. The molecule has 184 valence electrons. The van der Waals surface area contributed by atoms with Gasteiger partial charge in [0.1, 0.15) is 5.01 Å². The van der Waals surface area contributed by atoms with Crippen LogP contribution in [0.3, 0.4) is 0 Å². The Morgan fingerprint density at radius 2 is 2.24 bits per heavy atom. The number of halogens is 1. The summed E-state index contributed by atoms with van der Waals surface area (Å²) in [5, 5.41) is 3.80. The van der Waals surface area contributed by atoms with Crippen LogP contribution < -0.4 is 0 Å². The van der Waals surface area contributed by atoms with Crippen molar-refractivity contribution >= 4 is 51.2 Å². The molecular formula is C25H32ClN3O3S2. The summed E-state index contributed by atoms with van der Waals surface area (Å²) in [5.41, 5.74) is 3.47. The molecular weight excluding hydrogens is 490 g/mol. The summed E-state index contributed by atoms with van der Waals surface area (Å²) >= 11 is 8.57. The van der Waals surface area contributed by atoms with E-state index in [4.69, 9.17) is 21.1 Å². The van der Waals surface area contributed by atoms with Gasteiger partial charge in [0.2, 0.25) is 0 Å². The van der Waals surface area contributed by atoms with Crippen molar-refractivity contribution in [3.8, 4) is 0 Å². The number of ether oxygens (including phenoxy) is 2. The number of hydrogen-bond donors (Lipinski definition) is 0. The molecule has 0 saturated heterocycles. The summed E-state index contributed by atoms with van der Waals surface area (Å²) in [6.07, 6.45) is 8.69. The van der Waals surface area contributed by atoms with Gasteiger partial charge in [0, 0.05) is 29.5 Å². The number of thioether (sulfide) groups is 1. The van der Waals surface area contributed by atoms with Gasteiger partial charge < -0.3 is 13.9 Å². The summed E-state index contributed by atoms with van der Waals surface area (Å²) in [6, 6.07) is 5.87. The maximum absolute atomic E-state index is 12.5. The first-order chi connectivity index (χ1) is 16.5. The molecule has 0 bridgehead atoms. The third kappa shape index (κ3) is 7.70. The minimum atomic E-state index is -0.274. The number of nitrogens with zero attached hydrogens (tertiary/aromatic N) is 3. The predicted molar refractivity (Wildman–Crippen MR) is 145 cm³/mol. The number of thiazole rings is 1. The first-order valence-corrected chi connectivity index (χ1v) is 13.7. The van der Waals surface area contributed by atoms with E-state index >= 15 is 0 Å². The number of carbonyl (C=O) groups is 1. The molecule has 0 aliphatic rings. The van der Waals surface area contributed by atoms with Crippen LogP contribution in [0.2, 0.25) is 0 Å². The van der Waals surface area contributed by atoms with Crippen LogP contribution in [0.15, 0.2) is 53.7 Å². The number of rotatable bonds is 10. The molecule has 0 saturated carbocycles. The van der Waals surface area contributed by atoms with Gasteiger partial charge in [-0.05, 0) is 49.8 Å². The molecule has 0 aromatic carbocycles. The van der Waals surface area contributed by atoms with Gasteiger partial charge in [-0.2, -0.15) is 0 Å². The number of hydrogen-bond acceptors (Lipinski definition) is 7. The van der Waals surface area contributed by atoms with Crippen molar-refractivity contribution in [2.45, 2.75) is 46.3 Å². The van der Waals surface area contributed by atoms with E-state index in [0.29, 0.717) is 24.7 Å². The van der Waals surface area contributed by atoms with E-state index < -0.39 is 0 Å². The fraction of sp³-hybridized carbons (Fsp3) is 0.400. The first kappa shape index (κ1) is 28.1. The van der Waals surface area contributed by atoms with Crippen molar-refractivity contribution in [1.29, 1.82) is 0 Å². The smallest absolute Gasteiger partial charge is 0.338 e. The van der Waals surface area contributed by atoms with Crippen LogP contribution in [-0.4, -0.2) is 39.1 Å². The summed E-state index contributed by atoms with van der Waals surface area (Å²) in [7, 11) is 0. The Morgan fingerprint density at radius 1 is 1.44 bits per heavy atom. The zero-order valence-electron chi connectivity index (χ0n) is 20.1. The van der Waals surface area contributed by atoms with Crippen molar-refractivity contribution in [3.05, 3.63) is 70.6 Å². The zero-order chi connectivity index (χ0) is 24.9. The maximum Gasteiger partial charge on any atom is 0.338 e. The molecule has 0 aliphatic carbocycles. The van der Waals surface area contributed by atoms with Gasteiger partial charge >= 0.3 is 5.97 Å². The quantitative estimate of drug-likeness (QED) is 0.123. The van der Waals surface area contributed by atoms with Crippen molar-refractivity contribution in [3.63, 3.8) is 0 Å². The molecule has 3 aromatic heterocycles. The van der Waals surface area contributed by atoms with Gasteiger partial charge in [0.05, 0.1) is 41.5 Å². The Hall–Kier alpha value is -2.13. The van der Waals surface area contributed by atoms with E-state index in [9.17, 15) is 4.79 Å². The molecule has 3 aromatic rings. The van der Waals surface area contributed by atoms with Crippen molar-refractivity contribution in [1.82, 2.24) is 9.38 Å². The van der Waals surface area contributed by atoms with Gasteiger partial charge in [-0.15, -0.1) is 34.7 Å². The zero-order valence-corrected chi connectivity index (χ0v) is 22.5. The number of esters is 1. The molecule has 34 heavy (non-hydrogen) atoms. The Balaban J connectivity index is 0.000000440. The van der Waals surface area contributed by atoms with E-state index in [0.717, 1.165) is 39.7 Å². The van der Waals surface area contributed by atoms with E-state index in [1.54, 1.807) is 29.3 Å². The minimum Gasteiger partial charge on any atom is -0.462 e. The van der Waals surface area contributed by atoms with Gasteiger partial charge in [0.15, 0.2) is 0 Å². The fourth-order valence-corrected chi connectivity index (χ4v) is 4.54. The van der Waals surface area contributed by atoms with Gasteiger partial charge in [-0.1, -0.05) is 20.4 Å². The summed E-state index contributed by atoms with van der Waals surface area (Å²) < 4.78 is 13.6. The molecule has 0 N–H and O–H groups in total. The number of fused-ring (bicyclic) bond motifs is 1. The predicted octanol–water partition coefficient (Wildman–Crippen LogP) is 7.07. The molecule has 3 rings (SSSR count). The van der Waals surface area contributed by atoms with Crippen LogP contribution >= 0.6 is 34.7 Å². The summed E-state index contributed by atoms with van der Waals surface area (Å²) in [5.74, 6) is 0.205.